The minimum Gasteiger partial charge on any atom is -0.309 e. The summed E-state index contributed by atoms with van der Waals surface area (Å²) in [4.78, 5) is 2.50. The third-order valence-corrected chi connectivity index (χ3v) is 13.6. The molecule has 11 aromatic rings. The largest absolute Gasteiger partial charge is 0.309 e. The molecule has 0 unspecified atom stereocenters. The highest BCUT2D eigenvalue weighted by Gasteiger charge is 2.52. The van der Waals surface area contributed by atoms with Crippen molar-refractivity contribution in [1.82, 2.24) is 4.57 Å². The van der Waals surface area contributed by atoms with Gasteiger partial charge in [-0.25, -0.2) is 0 Å². The number of rotatable bonds is 6. The zero-order valence-corrected chi connectivity index (χ0v) is 34.5. The Balaban J connectivity index is 0.984. The number of nitrogens with zero attached hydrogens (tertiary/aromatic N) is 2. The smallest absolute Gasteiger partial charge is 0.0726 e. The quantitative estimate of drug-likeness (QED) is 0.163. The van der Waals surface area contributed by atoms with Crippen molar-refractivity contribution in [3.05, 3.63) is 265 Å². The van der Waals surface area contributed by atoms with Gasteiger partial charge >= 0.3 is 0 Å². The molecule has 0 fully saturated rings. The lowest BCUT2D eigenvalue weighted by atomic mass is 9.70. The number of anilines is 3. The van der Waals surface area contributed by atoms with E-state index in [1.54, 1.807) is 0 Å². The lowest BCUT2D eigenvalue weighted by Gasteiger charge is -2.32. The topological polar surface area (TPSA) is 8.17 Å². The molecule has 0 saturated carbocycles. The number of hydrogen-bond donors (Lipinski definition) is 0. The van der Waals surface area contributed by atoms with Crippen LogP contribution in [-0.4, -0.2) is 4.57 Å². The fourth-order valence-corrected chi connectivity index (χ4v) is 11.1. The number of aromatic nitrogens is 1. The Morgan fingerprint density at radius 3 is 1.40 bits per heavy atom. The SMILES string of the molecule is c1ccc(-c2ccccc2N(c2ccc(-c3ccc(-n4c5ccccc5c5ccccc54)cc3)cc2)c2cccc3c2-c2ccccc2C32c3ccccc3-c3ccccc32)cc1. The predicted octanol–water partition coefficient (Wildman–Crippen LogP) is 15.9. The van der Waals surface area contributed by atoms with Crippen molar-refractivity contribution in [1.29, 1.82) is 0 Å². The predicted molar refractivity (Wildman–Crippen MR) is 263 cm³/mol. The fourth-order valence-electron chi connectivity index (χ4n) is 11.1. The van der Waals surface area contributed by atoms with Crippen LogP contribution in [0.4, 0.5) is 17.1 Å². The lowest BCUT2D eigenvalue weighted by molar-refractivity contribution is 0.794. The maximum Gasteiger partial charge on any atom is 0.0726 e. The van der Waals surface area contributed by atoms with Gasteiger partial charge < -0.3 is 9.47 Å². The molecule has 2 heteroatoms. The fraction of sp³-hybridized carbons (Fsp3) is 0.0164. The van der Waals surface area contributed by atoms with Crippen LogP contribution in [0.5, 0.6) is 0 Å². The van der Waals surface area contributed by atoms with Crippen LogP contribution in [0.15, 0.2) is 243 Å². The van der Waals surface area contributed by atoms with E-state index in [-0.39, 0.29) is 0 Å². The summed E-state index contributed by atoms with van der Waals surface area (Å²) in [7, 11) is 0. The molecule has 1 aromatic heterocycles. The zero-order valence-electron chi connectivity index (χ0n) is 34.5. The Morgan fingerprint density at radius 2 is 0.762 bits per heavy atom. The summed E-state index contributed by atoms with van der Waals surface area (Å²) in [6.45, 7) is 0. The Hall–Kier alpha value is -8.20. The van der Waals surface area contributed by atoms with Crippen LogP contribution in [0.1, 0.15) is 22.3 Å². The summed E-state index contributed by atoms with van der Waals surface area (Å²) in [5.74, 6) is 0. The molecule has 2 nitrogen and oxygen atoms in total. The van der Waals surface area contributed by atoms with E-state index < -0.39 is 5.41 Å². The van der Waals surface area contributed by atoms with E-state index in [9.17, 15) is 0 Å². The molecular weight excluding hydrogens is 761 g/mol. The normalized spacial score (nSPS) is 12.9. The van der Waals surface area contributed by atoms with Crippen LogP contribution in [0, 0.1) is 0 Å². The van der Waals surface area contributed by atoms with E-state index in [4.69, 9.17) is 0 Å². The Kier molecular flexibility index (Phi) is 7.85. The molecule has 0 atom stereocenters. The molecule has 0 radical (unpaired) electrons. The van der Waals surface area contributed by atoms with Gasteiger partial charge in [-0.15, -0.1) is 0 Å². The molecule has 1 heterocycles. The van der Waals surface area contributed by atoms with Crippen molar-refractivity contribution in [2.24, 2.45) is 0 Å². The van der Waals surface area contributed by atoms with Gasteiger partial charge in [0.15, 0.2) is 0 Å². The van der Waals surface area contributed by atoms with E-state index in [1.165, 1.54) is 88.6 Å². The van der Waals surface area contributed by atoms with E-state index in [1.807, 2.05) is 0 Å². The molecule has 0 aliphatic heterocycles. The Bertz CT molecular complexity index is 3460. The summed E-state index contributed by atoms with van der Waals surface area (Å²) in [6.07, 6.45) is 0. The minimum atomic E-state index is -0.436. The summed E-state index contributed by atoms with van der Waals surface area (Å²) in [5.41, 5.74) is 21.8. The number of para-hydroxylation sites is 3. The molecule has 2 aliphatic carbocycles. The molecule has 0 amide bonds. The van der Waals surface area contributed by atoms with Gasteiger partial charge in [0.2, 0.25) is 0 Å². The van der Waals surface area contributed by atoms with E-state index in [0.29, 0.717) is 0 Å². The Labute approximate surface area is 367 Å². The van der Waals surface area contributed by atoms with E-state index in [2.05, 4.69) is 252 Å². The third-order valence-electron chi connectivity index (χ3n) is 13.6. The molecule has 0 N–H and O–H groups in total. The summed E-state index contributed by atoms with van der Waals surface area (Å²) in [6, 6.07) is 89.4. The van der Waals surface area contributed by atoms with Crippen LogP contribution < -0.4 is 4.90 Å². The second kappa shape index (κ2) is 13.9. The van der Waals surface area contributed by atoms with Crippen LogP contribution >= 0.6 is 0 Å². The average Bonchev–Trinajstić information content (AvgIpc) is 3.97. The first-order valence-corrected chi connectivity index (χ1v) is 21.9. The molecule has 0 bridgehead atoms. The number of hydrogen-bond acceptors (Lipinski definition) is 1. The highest BCUT2D eigenvalue weighted by molar-refractivity contribution is 6.09. The van der Waals surface area contributed by atoms with Crippen LogP contribution in [-0.2, 0) is 5.41 Å². The summed E-state index contributed by atoms with van der Waals surface area (Å²) >= 11 is 0. The molecule has 2 aliphatic rings. The van der Waals surface area contributed by atoms with Crippen molar-refractivity contribution < 1.29 is 0 Å². The average molecular weight is 801 g/mol. The molecular formula is C61H40N2. The van der Waals surface area contributed by atoms with Gasteiger partial charge in [0, 0.05) is 33.3 Å². The maximum atomic E-state index is 2.50. The van der Waals surface area contributed by atoms with Crippen LogP contribution in [0.3, 0.4) is 0 Å². The minimum absolute atomic E-state index is 0.436. The monoisotopic (exact) mass is 800 g/mol. The van der Waals surface area contributed by atoms with Gasteiger partial charge in [-0.1, -0.05) is 194 Å². The van der Waals surface area contributed by atoms with Gasteiger partial charge in [0.25, 0.3) is 0 Å². The molecule has 13 rings (SSSR count). The van der Waals surface area contributed by atoms with Crippen molar-refractivity contribution in [3.8, 4) is 50.2 Å². The van der Waals surface area contributed by atoms with Crippen molar-refractivity contribution >= 4 is 38.9 Å². The molecule has 294 valence electrons. The van der Waals surface area contributed by atoms with E-state index >= 15 is 0 Å². The molecule has 63 heavy (non-hydrogen) atoms. The van der Waals surface area contributed by atoms with Crippen molar-refractivity contribution in [2.75, 3.05) is 4.90 Å². The zero-order chi connectivity index (χ0) is 41.5. The first-order valence-electron chi connectivity index (χ1n) is 21.9. The standard InChI is InChI=1S/C61H40N2/c1-2-17-43(18-3-1)46-19-7-13-29-56(46)63(45-39-35-42(36-40-45)41-33-37-44(38-34-41)62-57-30-14-8-22-49(57)50-23-9-15-31-58(50)62)59-32-16-28-55-60(59)51-24-6-12-27-54(51)61(55)52-25-10-4-20-47(52)48-21-5-11-26-53(48)61/h1-40H. The van der Waals surface area contributed by atoms with Gasteiger partial charge in [-0.05, 0) is 104 Å². The molecule has 10 aromatic carbocycles. The molecule has 0 saturated heterocycles. The Morgan fingerprint density at radius 1 is 0.302 bits per heavy atom. The van der Waals surface area contributed by atoms with Crippen LogP contribution in [0.25, 0.3) is 72.0 Å². The third kappa shape index (κ3) is 5.13. The highest BCUT2D eigenvalue weighted by Crippen LogP contribution is 2.64. The first kappa shape index (κ1) is 35.5. The van der Waals surface area contributed by atoms with E-state index in [0.717, 1.165) is 22.7 Å². The summed E-state index contributed by atoms with van der Waals surface area (Å²) in [5, 5.41) is 2.54. The van der Waals surface area contributed by atoms with Gasteiger partial charge in [0.1, 0.15) is 0 Å². The number of benzene rings is 10. The van der Waals surface area contributed by atoms with Gasteiger partial charge in [0.05, 0.1) is 27.8 Å². The second-order valence-electron chi connectivity index (χ2n) is 16.8. The highest BCUT2D eigenvalue weighted by atomic mass is 15.1. The van der Waals surface area contributed by atoms with Crippen molar-refractivity contribution in [2.45, 2.75) is 5.41 Å². The first-order chi connectivity index (χ1) is 31.3. The van der Waals surface area contributed by atoms with Crippen molar-refractivity contribution in [3.63, 3.8) is 0 Å². The maximum absolute atomic E-state index is 2.50. The van der Waals surface area contributed by atoms with Gasteiger partial charge in [-0.3, -0.25) is 0 Å². The summed E-state index contributed by atoms with van der Waals surface area (Å²) < 4.78 is 2.38. The number of fused-ring (bicyclic) bond motifs is 13. The second-order valence-corrected chi connectivity index (χ2v) is 16.8. The van der Waals surface area contributed by atoms with Crippen LogP contribution in [0.2, 0.25) is 0 Å². The van der Waals surface area contributed by atoms with Gasteiger partial charge in [-0.2, -0.15) is 0 Å². The lowest BCUT2D eigenvalue weighted by Crippen LogP contribution is -2.26. The molecule has 1 spiro atoms.